The number of halogens is 2. The van der Waals surface area contributed by atoms with Crippen LogP contribution in [0.15, 0.2) is 47.4 Å². The quantitative estimate of drug-likeness (QED) is 0.801. The minimum atomic E-state index is -3.24. The molecular weight excluding hydrogens is 385 g/mol. The SMILES string of the molecule is C[C@@H](NC(=O)COc1ccc(Cl)cc1Cl)c1ccc(S(C)(=O)=O)cc1. The van der Waals surface area contributed by atoms with Gasteiger partial charge >= 0.3 is 0 Å². The van der Waals surface area contributed by atoms with Gasteiger partial charge in [-0.3, -0.25) is 4.79 Å². The first kappa shape index (κ1) is 19.6. The smallest absolute Gasteiger partial charge is 0.258 e. The summed E-state index contributed by atoms with van der Waals surface area (Å²) in [5.74, 6) is 0.0390. The number of hydrogen-bond acceptors (Lipinski definition) is 4. The van der Waals surface area contributed by atoms with Gasteiger partial charge < -0.3 is 10.1 Å². The molecule has 0 aliphatic heterocycles. The van der Waals surface area contributed by atoms with Gasteiger partial charge in [-0.1, -0.05) is 35.3 Å². The van der Waals surface area contributed by atoms with Gasteiger partial charge in [-0.05, 0) is 42.8 Å². The summed E-state index contributed by atoms with van der Waals surface area (Å²) in [6, 6.07) is 10.8. The van der Waals surface area contributed by atoms with E-state index in [1.54, 1.807) is 31.2 Å². The lowest BCUT2D eigenvalue weighted by atomic mass is 10.1. The van der Waals surface area contributed by atoms with Crippen LogP contribution in [0.4, 0.5) is 0 Å². The number of hydrogen-bond donors (Lipinski definition) is 1. The van der Waals surface area contributed by atoms with E-state index in [1.807, 2.05) is 0 Å². The average Bonchev–Trinajstić information content (AvgIpc) is 2.53. The number of benzene rings is 2. The molecule has 0 spiro atoms. The maximum absolute atomic E-state index is 12.0. The van der Waals surface area contributed by atoms with E-state index in [0.29, 0.717) is 15.8 Å². The van der Waals surface area contributed by atoms with Crippen molar-refractivity contribution in [2.75, 3.05) is 12.9 Å². The molecule has 5 nitrogen and oxygen atoms in total. The summed E-state index contributed by atoms with van der Waals surface area (Å²) in [5, 5.41) is 3.58. The average molecular weight is 402 g/mol. The zero-order valence-corrected chi connectivity index (χ0v) is 16.0. The van der Waals surface area contributed by atoms with E-state index >= 15 is 0 Å². The van der Waals surface area contributed by atoms with Crippen molar-refractivity contribution in [3.63, 3.8) is 0 Å². The molecule has 0 fully saturated rings. The van der Waals surface area contributed by atoms with Crippen molar-refractivity contribution in [3.05, 3.63) is 58.1 Å². The summed E-state index contributed by atoms with van der Waals surface area (Å²) in [6.45, 7) is 1.59. The standard InChI is InChI=1S/C17H17Cl2NO4S/c1-11(12-3-6-14(7-4-12)25(2,22)23)20-17(21)10-24-16-8-5-13(18)9-15(16)19/h3-9,11H,10H2,1-2H3,(H,20,21)/t11-/m1/s1. The molecule has 0 aliphatic rings. The van der Waals surface area contributed by atoms with E-state index in [0.717, 1.165) is 11.8 Å². The lowest BCUT2D eigenvalue weighted by Gasteiger charge is -2.15. The van der Waals surface area contributed by atoms with E-state index in [-0.39, 0.29) is 23.5 Å². The molecule has 2 aromatic carbocycles. The lowest BCUT2D eigenvalue weighted by Crippen LogP contribution is -2.31. The second-order valence-electron chi connectivity index (χ2n) is 5.49. The third-order valence-corrected chi connectivity index (χ3v) is 5.10. The Kier molecular flexibility index (Phi) is 6.32. The number of carbonyl (C=O) groups excluding carboxylic acids is 1. The zero-order chi connectivity index (χ0) is 18.6. The molecule has 0 bridgehead atoms. The van der Waals surface area contributed by atoms with Crippen LogP contribution in [0.3, 0.4) is 0 Å². The van der Waals surface area contributed by atoms with E-state index in [2.05, 4.69) is 5.32 Å². The predicted octanol–water partition coefficient (Wildman–Crippen LogP) is 3.65. The van der Waals surface area contributed by atoms with Crippen LogP contribution in [0, 0.1) is 0 Å². The van der Waals surface area contributed by atoms with Crippen molar-refractivity contribution in [2.45, 2.75) is 17.9 Å². The zero-order valence-electron chi connectivity index (χ0n) is 13.6. The van der Waals surface area contributed by atoms with E-state index in [9.17, 15) is 13.2 Å². The van der Waals surface area contributed by atoms with Crippen molar-refractivity contribution in [3.8, 4) is 5.75 Å². The van der Waals surface area contributed by atoms with Crippen LogP contribution in [0.2, 0.25) is 10.0 Å². The maximum atomic E-state index is 12.0. The first-order valence-electron chi connectivity index (χ1n) is 7.34. The maximum Gasteiger partial charge on any atom is 0.258 e. The summed E-state index contributed by atoms with van der Waals surface area (Å²) in [5.41, 5.74) is 0.783. The van der Waals surface area contributed by atoms with Crippen LogP contribution in [0.5, 0.6) is 5.75 Å². The third-order valence-electron chi connectivity index (χ3n) is 3.44. The van der Waals surface area contributed by atoms with Crippen LogP contribution in [0.25, 0.3) is 0 Å². The Morgan fingerprint density at radius 3 is 2.36 bits per heavy atom. The van der Waals surface area contributed by atoms with Gasteiger partial charge in [0.2, 0.25) is 0 Å². The molecule has 0 unspecified atom stereocenters. The highest BCUT2D eigenvalue weighted by molar-refractivity contribution is 7.90. The highest BCUT2D eigenvalue weighted by Gasteiger charge is 2.13. The molecule has 0 aromatic heterocycles. The number of carbonyl (C=O) groups is 1. The molecular formula is C17H17Cl2NO4S. The van der Waals surface area contributed by atoms with Crippen molar-refractivity contribution in [2.24, 2.45) is 0 Å². The highest BCUT2D eigenvalue weighted by Crippen LogP contribution is 2.27. The number of ether oxygens (including phenoxy) is 1. The Morgan fingerprint density at radius 2 is 1.80 bits per heavy atom. The van der Waals surface area contributed by atoms with Crippen LogP contribution in [0.1, 0.15) is 18.5 Å². The van der Waals surface area contributed by atoms with Crippen molar-refractivity contribution in [1.82, 2.24) is 5.32 Å². The molecule has 1 atom stereocenters. The first-order chi connectivity index (χ1) is 11.7. The largest absolute Gasteiger partial charge is 0.482 e. The van der Waals surface area contributed by atoms with Gasteiger partial charge in [-0.15, -0.1) is 0 Å². The van der Waals surface area contributed by atoms with E-state index in [1.165, 1.54) is 18.2 Å². The Hall–Kier alpha value is -1.76. The molecule has 25 heavy (non-hydrogen) atoms. The molecule has 2 aromatic rings. The second-order valence-corrected chi connectivity index (χ2v) is 8.35. The summed E-state index contributed by atoms with van der Waals surface area (Å²) in [7, 11) is -3.24. The van der Waals surface area contributed by atoms with Gasteiger partial charge in [0.15, 0.2) is 16.4 Å². The Balaban J connectivity index is 1.93. The molecule has 0 saturated heterocycles. The highest BCUT2D eigenvalue weighted by atomic mass is 35.5. The number of rotatable bonds is 6. The second kappa shape index (κ2) is 8.08. The van der Waals surface area contributed by atoms with Crippen LogP contribution in [-0.4, -0.2) is 27.2 Å². The fourth-order valence-electron chi connectivity index (χ4n) is 2.11. The molecule has 0 saturated carbocycles. The van der Waals surface area contributed by atoms with Gasteiger partial charge in [-0.25, -0.2) is 8.42 Å². The van der Waals surface area contributed by atoms with Gasteiger partial charge in [0.25, 0.3) is 5.91 Å². The van der Waals surface area contributed by atoms with Gasteiger partial charge in [0, 0.05) is 11.3 Å². The van der Waals surface area contributed by atoms with Crippen molar-refractivity contribution >= 4 is 38.9 Å². The summed E-state index contributed by atoms with van der Waals surface area (Å²) >= 11 is 11.8. The molecule has 0 radical (unpaired) electrons. The minimum absolute atomic E-state index is 0.201. The topological polar surface area (TPSA) is 72.5 Å². The molecule has 1 amide bonds. The fourth-order valence-corrected chi connectivity index (χ4v) is 3.20. The molecule has 2 rings (SSSR count). The van der Waals surface area contributed by atoms with E-state index in [4.69, 9.17) is 27.9 Å². The summed E-state index contributed by atoms with van der Waals surface area (Å²) in [6.07, 6.45) is 1.15. The third kappa shape index (κ3) is 5.63. The number of nitrogens with one attached hydrogen (secondary N) is 1. The summed E-state index contributed by atoms with van der Waals surface area (Å²) in [4.78, 5) is 12.2. The molecule has 1 N–H and O–H groups in total. The minimum Gasteiger partial charge on any atom is -0.482 e. The fraction of sp³-hybridized carbons (Fsp3) is 0.235. The molecule has 8 heteroatoms. The van der Waals surface area contributed by atoms with Crippen molar-refractivity contribution in [1.29, 1.82) is 0 Å². The number of sulfone groups is 1. The van der Waals surface area contributed by atoms with Crippen LogP contribution >= 0.6 is 23.2 Å². The molecule has 0 heterocycles. The Labute approximate surface area is 156 Å². The normalized spacial score (nSPS) is 12.5. The first-order valence-corrected chi connectivity index (χ1v) is 9.99. The van der Waals surface area contributed by atoms with Gasteiger partial charge in [-0.2, -0.15) is 0 Å². The van der Waals surface area contributed by atoms with Gasteiger partial charge in [0.05, 0.1) is 16.0 Å². The monoisotopic (exact) mass is 401 g/mol. The molecule has 134 valence electrons. The van der Waals surface area contributed by atoms with E-state index < -0.39 is 9.84 Å². The van der Waals surface area contributed by atoms with Crippen LogP contribution in [-0.2, 0) is 14.6 Å². The predicted molar refractivity (Wildman–Crippen MR) is 98.1 cm³/mol. The van der Waals surface area contributed by atoms with Gasteiger partial charge in [0.1, 0.15) is 5.75 Å². The summed E-state index contributed by atoms with van der Waals surface area (Å²) < 4.78 is 28.3. The number of amides is 1. The van der Waals surface area contributed by atoms with Crippen molar-refractivity contribution < 1.29 is 17.9 Å². The lowest BCUT2D eigenvalue weighted by molar-refractivity contribution is -0.123. The Bertz CT molecular complexity index is 867. The van der Waals surface area contributed by atoms with Crippen LogP contribution < -0.4 is 10.1 Å². The Morgan fingerprint density at radius 1 is 1.16 bits per heavy atom. The molecule has 0 aliphatic carbocycles.